The van der Waals surface area contributed by atoms with E-state index < -0.39 is 0 Å². The second kappa shape index (κ2) is 4.89. The van der Waals surface area contributed by atoms with Crippen LogP contribution in [0.2, 0.25) is 0 Å². The van der Waals surface area contributed by atoms with E-state index in [9.17, 15) is 9.90 Å². The van der Waals surface area contributed by atoms with Crippen LogP contribution in [-0.4, -0.2) is 41.0 Å². The van der Waals surface area contributed by atoms with E-state index in [2.05, 4.69) is 4.90 Å². The second-order valence-corrected chi connectivity index (χ2v) is 4.42. The molecule has 1 aliphatic carbocycles. The summed E-state index contributed by atoms with van der Waals surface area (Å²) in [6.07, 6.45) is 3.01. The van der Waals surface area contributed by atoms with Crippen molar-refractivity contribution in [2.45, 2.75) is 57.7 Å². The summed E-state index contributed by atoms with van der Waals surface area (Å²) in [5.74, 6) is 0.388. The minimum absolute atomic E-state index is 0.174. The molecule has 1 rings (SSSR count). The fraction of sp³-hybridized carbons (Fsp3) is 0.909. The number of rotatable bonds is 3. The fourth-order valence-corrected chi connectivity index (χ4v) is 2.00. The Kier molecular flexibility index (Phi) is 4.08. The molecule has 0 spiro atoms. The summed E-state index contributed by atoms with van der Waals surface area (Å²) in [5, 5.41) is 9.47. The molecular formula is C11H21NO2. The summed E-state index contributed by atoms with van der Waals surface area (Å²) in [5.41, 5.74) is 0. The third-order valence-electron chi connectivity index (χ3n) is 3.43. The van der Waals surface area contributed by atoms with Gasteiger partial charge in [-0.2, -0.15) is 0 Å². The van der Waals surface area contributed by atoms with Crippen molar-refractivity contribution in [3.8, 4) is 0 Å². The van der Waals surface area contributed by atoms with Crippen molar-refractivity contribution in [2.75, 3.05) is 7.05 Å². The Balaban J connectivity index is 2.44. The van der Waals surface area contributed by atoms with Gasteiger partial charge in [0.15, 0.2) is 0 Å². The lowest BCUT2D eigenvalue weighted by Crippen LogP contribution is -2.45. The summed E-state index contributed by atoms with van der Waals surface area (Å²) in [6, 6.07) is 0.644. The summed E-state index contributed by atoms with van der Waals surface area (Å²) in [4.78, 5) is 13.3. The van der Waals surface area contributed by atoms with Gasteiger partial charge in [0.1, 0.15) is 5.78 Å². The zero-order chi connectivity index (χ0) is 10.7. The van der Waals surface area contributed by atoms with Gasteiger partial charge in [-0.3, -0.25) is 9.69 Å². The van der Waals surface area contributed by atoms with Gasteiger partial charge in [0.05, 0.1) is 6.10 Å². The summed E-state index contributed by atoms with van der Waals surface area (Å²) in [7, 11) is 2.04. The summed E-state index contributed by atoms with van der Waals surface area (Å²) >= 11 is 0. The predicted octanol–water partition coefficient (Wildman–Crippen LogP) is 1.20. The number of nitrogens with zero attached hydrogens (tertiary/aromatic N) is 1. The Morgan fingerprint density at radius 2 is 1.86 bits per heavy atom. The van der Waals surface area contributed by atoms with Crippen LogP contribution < -0.4 is 0 Å². The molecule has 1 aliphatic rings. The molecule has 3 nitrogen and oxygen atoms in total. The highest BCUT2D eigenvalue weighted by Crippen LogP contribution is 2.21. The van der Waals surface area contributed by atoms with Gasteiger partial charge in [-0.05, 0) is 33.7 Å². The molecule has 0 aromatic carbocycles. The molecule has 1 N–H and O–H groups in total. The maximum atomic E-state index is 11.1. The predicted molar refractivity (Wildman–Crippen MR) is 56.2 cm³/mol. The molecule has 1 saturated carbocycles. The molecule has 3 heteroatoms. The van der Waals surface area contributed by atoms with E-state index in [1.807, 2.05) is 20.9 Å². The standard InChI is InChI=1S/C11H21NO2/c1-8(9(2)13)12(3)10-4-6-11(14)7-5-10/h8-10,13H,4-7H2,1-3H3. The smallest absolute Gasteiger partial charge is 0.133 e. The van der Waals surface area contributed by atoms with Gasteiger partial charge >= 0.3 is 0 Å². The van der Waals surface area contributed by atoms with Gasteiger partial charge in [-0.15, -0.1) is 0 Å². The molecule has 2 atom stereocenters. The van der Waals surface area contributed by atoms with E-state index in [-0.39, 0.29) is 12.1 Å². The first-order valence-electron chi connectivity index (χ1n) is 5.44. The van der Waals surface area contributed by atoms with Crippen molar-refractivity contribution in [1.82, 2.24) is 4.90 Å². The molecule has 14 heavy (non-hydrogen) atoms. The Morgan fingerprint density at radius 3 is 2.29 bits per heavy atom. The zero-order valence-electron chi connectivity index (χ0n) is 9.36. The number of aliphatic hydroxyl groups excluding tert-OH is 1. The average Bonchev–Trinajstić information content (AvgIpc) is 2.16. The molecule has 0 aromatic heterocycles. The topological polar surface area (TPSA) is 40.5 Å². The molecule has 1 fully saturated rings. The number of aliphatic hydroxyl groups is 1. The maximum absolute atomic E-state index is 11.1. The number of ketones is 1. The van der Waals surface area contributed by atoms with Gasteiger partial charge in [0, 0.05) is 24.9 Å². The van der Waals surface area contributed by atoms with Gasteiger partial charge < -0.3 is 5.11 Å². The van der Waals surface area contributed by atoms with E-state index in [1.54, 1.807) is 0 Å². The van der Waals surface area contributed by atoms with E-state index in [1.165, 1.54) is 0 Å². The Bertz CT molecular complexity index is 193. The van der Waals surface area contributed by atoms with Crippen molar-refractivity contribution < 1.29 is 9.90 Å². The molecule has 82 valence electrons. The highest BCUT2D eigenvalue weighted by Gasteiger charge is 2.26. The van der Waals surface area contributed by atoms with Crippen LogP contribution in [0.1, 0.15) is 39.5 Å². The lowest BCUT2D eigenvalue weighted by molar-refractivity contribution is -0.121. The van der Waals surface area contributed by atoms with Crippen LogP contribution in [0.5, 0.6) is 0 Å². The van der Waals surface area contributed by atoms with Crippen LogP contribution in [-0.2, 0) is 4.79 Å². The number of likely N-dealkylation sites (N-methyl/N-ethyl adjacent to an activating group) is 1. The molecule has 0 saturated heterocycles. The van der Waals surface area contributed by atoms with Crippen molar-refractivity contribution in [2.24, 2.45) is 0 Å². The number of Topliss-reactive ketones (excluding diaryl/α,β-unsaturated/α-hetero) is 1. The highest BCUT2D eigenvalue weighted by atomic mass is 16.3. The molecule has 0 aromatic rings. The van der Waals surface area contributed by atoms with Crippen LogP contribution in [0.4, 0.5) is 0 Å². The minimum atomic E-state index is -0.308. The summed E-state index contributed by atoms with van der Waals surface area (Å²) < 4.78 is 0. The molecule has 0 bridgehead atoms. The molecule has 0 radical (unpaired) electrons. The quantitative estimate of drug-likeness (QED) is 0.742. The lowest BCUT2D eigenvalue weighted by atomic mass is 9.92. The molecular weight excluding hydrogens is 178 g/mol. The molecule has 0 aliphatic heterocycles. The van der Waals surface area contributed by atoms with Crippen molar-refractivity contribution in [1.29, 1.82) is 0 Å². The number of carbonyl (C=O) groups excluding carboxylic acids is 1. The lowest BCUT2D eigenvalue weighted by Gasteiger charge is -2.36. The molecule has 0 amide bonds. The van der Waals surface area contributed by atoms with Gasteiger partial charge in [0.2, 0.25) is 0 Å². The largest absolute Gasteiger partial charge is 0.392 e. The average molecular weight is 199 g/mol. The Labute approximate surface area is 86.1 Å². The first kappa shape index (κ1) is 11.7. The van der Waals surface area contributed by atoms with Crippen LogP contribution in [0.15, 0.2) is 0 Å². The Morgan fingerprint density at radius 1 is 1.36 bits per heavy atom. The molecule has 0 heterocycles. The van der Waals surface area contributed by atoms with Crippen LogP contribution in [0, 0.1) is 0 Å². The van der Waals surface area contributed by atoms with Gasteiger partial charge in [-0.1, -0.05) is 0 Å². The maximum Gasteiger partial charge on any atom is 0.133 e. The SMILES string of the molecule is CC(O)C(C)N(C)C1CCC(=O)CC1. The van der Waals surface area contributed by atoms with E-state index >= 15 is 0 Å². The van der Waals surface area contributed by atoms with Crippen molar-refractivity contribution in [3.05, 3.63) is 0 Å². The van der Waals surface area contributed by atoms with Crippen molar-refractivity contribution in [3.63, 3.8) is 0 Å². The first-order valence-corrected chi connectivity index (χ1v) is 5.44. The van der Waals surface area contributed by atoms with Crippen LogP contribution in [0.3, 0.4) is 0 Å². The first-order chi connectivity index (χ1) is 6.52. The van der Waals surface area contributed by atoms with Crippen LogP contribution in [0.25, 0.3) is 0 Å². The fourth-order valence-electron chi connectivity index (χ4n) is 2.00. The molecule has 2 unspecified atom stereocenters. The summed E-state index contributed by atoms with van der Waals surface area (Å²) in [6.45, 7) is 3.84. The monoisotopic (exact) mass is 199 g/mol. The van der Waals surface area contributed by atoms with E-state index in [0.29, 0.717) is 24.7 Å². The highest BCUT2D eigenvalue weighted by molar-refractivity contribution is 5.79. The third-order valence-corrected chi connectivity index (χ3v) is 3.43. The normalized spacial score (nSPS) is 23.9. The minimum Gasteiger partial charge on any atom is -0.392 e. The van der Waals surface area contributed by atoms with E-state index in [4.69, 9.17) is 0 Å². The number of carbonyl (C=O) groups is 1. The third kappa shape index (κ3) is 2.79. The van der Waals surface area contributed by atoms with Gasteiger partial charge in [0.25, 0.3) is 0 Å². The van der Waals surface area contributed by atoms with Gasteiger partial charge in [-0.25, -0.2) is 0 Å². The van der Waals surface area contributed by atoms with E-state index in [0.717, 1.165) is 12.8 Å². The Hall–Kier alpha value is -0.410. The zero-order valence-corrected chi connectivity index (χ0v) is 9.36. The number of hydrogen-bond acceptors (Lipinski definition) is 3. The number of hydrogen-bond donors (Lipinski definition) is 1. The van der Waals surface area contributed by atoms with Crippen LogP contribution >= 0.6 is 0 Å². The second-order valence-electron chi connectivity index (χ2n) is 4.42. The van der Waals surface area contributed by atoms with Crippen molar-refractivity contribution >= 4 is 5.78 Å².